The summed E-state index contributed by atoms with van der Waals surface area (Å²) in [4.78, 5) is 24.6. The van der Waals surface area contributed by atoms with Gasteiger partial charge in [0.2, 0.25) is 5.60 Å². The number of esters is 1. The van der Waals surface area contributed by atoms with Crippen LogP contribution in [0.25, 0.3) is 0 Å². The molecule has 0 radical (unpaired) electrons. The van der Waals surface area contributed by atoms with Crippen molar-refractivity contribution in [1.82, 2.24) is 0 Å². The Labute approximate surface area is 181 Å². The second kappa shape index (κ2) is 8.32. The molecule has 7 heteroatoms. The third kappa shape index (κ3) is 4.21. The van der Waals surface area contributed by atoms with Gasteiger partial charge in [-0.05, 0) is 30.3 Å². The summed E-state index contributed by atoms with van der Waals surface area (Å²) in [6.07, 6.45) is 5.52. The zero-order valence-corrected chi connectivity index (χ0v) is 17.9. The monoisotopic (exact) mass is 423 g/mol. The van der Waals surface area contributed by atoms with Gasteiger partial charge in [0.15, 0.2) is 0 Å². The maximum atomic E-state index is 13.0. The molecular formula is C24H25NO6. The molecule has 0 fully saturated rings. The van der Waals surface area contributed by atoms with E-state index in [4.69, 9.17) is 20.6 Å². The zero-order chi connectivity index (χ0) is 22.8. The van der Waals surface area contributed by atoms with Crippen LogP contribution in [0.15, 0.2) is 36.4 Å². The van der Waals surface area contributed by atoms with Gasteiger partial charge in [-0.15, -0.1) is 6.42 Å². The SMILES string of the molecule is C#CC(O)(CC(C)(C)c1c(OC)cccc1OC)C(=O)Nc1ccc2c(c1)COC2=O. The minimum atomic E-state index is -2.11. The second-order valence-electron chi connectivity index (χ2n) is 8.00. The molecule has 2 N–H and O–H groups in total. The summed E-state index contributed by atoms with van der Waals surface area (Å²) in [5.41, 5.74) is -0.686. The van der Waals surface area contributed by atoms with Gasteiger partial charge < -0.3 is 24.6 Å². The third-order valence-corrected chi connectivity index (χ3v) is 5.36. The van der Waals surface area contributed by atoms with Crippen LogP contribution in [0.5, 0.6) is 11.5 Å². The first-order valence-electron chi connectivity index (χ1n) is 9.68. The lowest BCUT2D eigenvalue weighted by Crippen LogP contribution is -2.46. The van der Waals surface area contributed by atoms with Gasteiger partial charge in [-0.25, -0.2) is 4.79 Å². The summed E-state index contributed by atoms with van der Waals surface area (Å²) in [5.74, 6) is 2.22. The number of hydrogen-bond donors (Lipinski definition) is 2. The molecule has 0 saturated heterocycles. The van der Waals surface area contributed by atoms with E-state index in [-0.39, 0.29) is 13.0 Å². The number of nitrogens with one attached hydrogen (secondary N) is 1. The van der Waals surface area contributed by atoms with Gasteiger partial charge in [0.05, 0.1) is 19.8 Å². The molecule has 162 valence electrons. The van der Waals surface area contributed by atoms with E-state index in [1.165, 1.54) is 14.2 Å². The van der Waals surface area contributed by atoms with Crippen molar-refractivity contribution in [2.24, 2.45) is 0 Å². The van der Waals surface area contributed by atoms with Crippen LogP contribution in [0, 0.1) is 12.3 Å². The number of rotatable bonds is 7. The minimum absolute atomic E-state index is 0.0917. The Morgan fingerprint density at radius 2 is 1.87 bits per heavy atom. The lowest BCUT2D eigenvalue weighted by atomic mass is 9.74. The van der Waals surface area contributed by atoms with Crippen molar-refractivity contribution in [1.29, 1.82) is 0 Å². The largest absolute Gasteiger partial charge is 0.496 e. The fourth-order valence-corrected chi connectivity index (χ4v) is 3.89. The fourth-order valence-electron chi connectivity index (χ4n) is 3.89. The van der Waals surface area contributed by atoms with E-state index < -0.39 is 22.9 Å². The van der Waals surface area contributed by atoms with Gasteiger partial charge in [-0.2, -0.15) is 0 Å². The molecule has 0 aliphatic carbocycles. The Morgan fingerprint density at radius 3 is 2.45 bits per heavy atom. The van der Waals surface area contributed by atoms with E-state index in [9.17, 15) is 14.7 Å². The van der Waals surface area contributed by atoms with Crippen molar-refractivity contribution in [3.8, 4) is 23.8 Å². The van der Waals surface area contributed by atoms with Crippen molar-refractivity contribution in [2.45, 2.75) is 37.9 Å². The smallest absolute Gasteiger partial charge is 0.338 e. The Balaban J connectivity index is 1.88. The number of fused-ring (bicyclic) bond motifs is 1. The Bertz CT molecular complexity index is 1050. The van der Waals surface area contributed by atoms with E-state index >= 15 is 0 Å². The van der Waals surface area contributed by atoms with E-state index in [1.807, 2.05) is 13.8 Å². The molecule has 31 heavy (non-hydrogen) atoms. The zero-order valence-electron chi connectivity index (χ0n) is 17.9. The highest BCUT2D eigenvalue weighted by Gasteiger charge is 2.42. The van der Waals surface area contributed by atoms with Gasteiger partial charge in [0, 0.05) is 28.7 Å². The number of hydrogen-bond acceptors (Lipinski definition) is 6. The van der Waals surface area contributed by atoms with Crippen LogP contribution in [0.1, 0.15) is 41.8 Å². The van der Waals surface area contributed by atoms with Gasteiger partial charge >= 0.3 is 5.97 Å². The van der Waals surface area contributed by atoms with Crippen LogP contribution >= 0.6 is 0 Å². The summed E-state index contributed by atoms with van der Waals surface area (Å²) in [5, 5.41) is 13.7. The molecule has 2 aromatic carbocycles. The fraction of sp³-hybridized carbons (Fsp3) is 0.333. The first-order valence-corrected chi connectivity index (χ1v) is 9.68. The summed E-state index contributed by atoms with van der Waals surface area (Å²) < 4.78 is 15.9. The molecule has 0 spiro atoms. The van der Waals surface area contributed by atoms with Gasteiger partial charge in [-0.3, -0.25) is 4.79 Å². The lowest BCUT2D eigenvalue weighted by Gasteiger charge is -2.34. The molecule has 1 amide bonds. The first kappa shape index (κ1) is 22.2. The number of carbonyl (C=O) groups is 2. The van der Waals surface area contributed by atoms with Crippen molar-refractivity contribution < 1.29 is 28.9 Å². The highest BCUT2D eigenvalue weighted by atomic mass is 16.5. The van der Waals surface area contributed by atoms with Crippen LogP contribution in [0.3, 0.4) is 0 Å². The lowest BCUT2D eigenvalue weighted by molar-refractivity contribution is -0.130. The molecular weight excluding hydrogens is 398 g/mol. The molecule has 0 saturated carbocycles. The van der Waals surface area contributed by atoms with Crippen LogP contribution in [-0.4, -0.2) is 36.8 Å². The number of anilines is 1. The molecule has 0 bridgehead atoms. The van der Waals surface area contributed by atoms with E-state index in [2.05, 4.69) is 11.2 Å². The molecule has 1 aliphatic rings. The second-order valence-corrected chi connectivity index (χ2v) is 8.00. The average Bonchev–Trinajstić information content (AvgIpc) is 3.12. The van der Waals surface area contributed by atoms with E-state index in [1.54, 1.807) is 36.4 Å². The molecule has 0 aromatic heterocycles. The molecule has 1 atom stereocenters. The standard InChI is InChI=1S/C24H25NO6/c1-6-24(28,14-23(2,3)20-18(29-4)8-7-9-19(20)30-5)22(27)25-16-10-11-17-15(12-16)13-31-21(17)26/h1,7-12,28H,13-14H2,2-5H3,(H,25,27). The van der Waals surface area contributed by atoms with Crippen molar-refractivity contribution in [3.05, 3.63) is 53.1 Å². The minimum Gasteiger partial charge on any atom is -0.496 e. The number of methoxy groups -OCH3 is 2. The molecule has 1 heterocycles. The Hall–Kier alpha value is -3.50. The number of benzene rings is 2. The maximum absolute atomic E-state index is 13.0. The number of cyclic esters (lactones) is 1. The van der Waals surface area contributed by atoms with E-state index in [0.717, 1.165) is 0 Å². The van der Waals surface area contributed by atoms with Gasteiger partial charge in [0.1, 0.15) is 18.1 Å². The average molecular weight is 423 g/mol. The number of aliphatic hydroxyl groups is 1. The number of carbonyl (C=O) groups excluding carboxylic acids is 2. The van der Waals surface area contributed by atoms with Crippen LogP contribution in [0.2, 0.25) is 0 Å². The van der Waals surface area contributed by atoms with Crippen LogP contribution < -0.4 is 14.8 Å². The number of terminal acetylenes is 1. The normalized spacial score (nSPS) is 14.6. The number of ether oxygens (including phenoxy) is 3. The van der Waals surface area contributed by atoms with Crippen molar-refractivity contribution in [3.63, 3.8) is 0 Å². The molecule has 7 nitrogen and oxygen atoms in total. The highest BCUT2D eigenvalue weighted by Crippen LogP contribution is 2.43. The van der Waals surface area contributed by atoms with Crippen LogP contribution in [-0.2, 0) is 21.6 Å². The third-order valence-electron chi connectivity index (χ3n) is 5.36. The molecule has 1 unspecified atom stereocenters. The molecule has 2 aromatic rings. The predicted molar refractivity (Wildman–Crippen MR) is 115 cm³/mol. The topological polar surface area (TPSA) is 94.1 Å². The Morgan fingerprint density at radius 1 is 1.23 bits per heavy atom. The van der Waals surface area contributed by atoms with Gasteiger partial charge in [-0.1, -0.05) is 25.8 Å². The highest BCUT2D eigenvalue weighted by molar-refractivity contribution is 6.00. The number of amides is 1. The molecule has 3 rings (SSSR count). The first-order chi connectivity index (χ1) is 14.6. The van der Waals surface area contributed by atoms with Crippen molar-refractivity contribution >= 4 is 17.6 Å². The maximum Gasteiger partial charge on any atom is 0.338 e. The Kier molecular flexibility index (Phi) is 5.96. The predicted octanol–water partition coefficient (Wildman–Crippen LogP) is 3.04. The summed E-state index contributed by atoms with van der Waals surface area (Å²) in [6.45, 7) is 3.83. The van der Waals surface area contributed by atoms with E-state index in [0.29, 0.717) is 33.9 Å². The quantitative estimate of drug-likeness (QED) is 0.525. The van der Waals surface area contributed by atoms with Crippen molar-refractivity contribution in [2.75, 3.05) is 19.5 Å². The van der Waals surface area contributed by atoms with Crippen LogP contribution in [0.4, 0.5) is 5.69 Å². The van der Waals surface area contributed by atoms with Gasteiger partial charge in [0.25, 0.3) is 5.91 Å². The summed E-state index contributed by atoms with van der Waals surface area (Å²) in [6, 6.07) is 10.1. The molecule has 1 aliphatic heterocycles. The summed E-state index contributed by atoms with van der Waals surface area (Å²) in [7, 11) is 3.08. The summed E-state index contributed by atoms with van der Waals surface area (Å²) >= 11 is 0.